The van der Waals surface area contributed by atoms with E-state index in [1.165, 1.54) is 13.1 Å². The predicted octanol–water partition coefficient (Wildman–Crippen LogP) is 0.278. The van der Waals surface area contributed by atoms with Gasteiger partial charge in [-0.25, -0.2) is 0 Å². The summed E-state index contributed by atoms with van der Waals surface area (Å²) in [5, 5.41) is 0. The molecule has 2 rings (SSSR count). The molecule has 0 aliphatic carbocycles. The number of nitrogens with zero attached hydrogens (tertiary/aromatic N) is 2. The van der Waals surface area contributed by atoms with Crippen LogP contribution in [0.2, 0.25) is 0 Å². The fourth-order valence-corrected chi connectivity index (χ4v) is 2.86. The van der Waals surface area contributed by atoms with E-state index >= 15 is 0 Å². The first-order valence-electron chi connectivity index (χ1n) is 6.28. The van der Waals surface area contributed by atoms with Crippen molar-refractivity contribution in [3.63, 3.8) is 0 Å². The number of carbonyl (C=O) groups is 1. The van der Waals surface area contributed by atoms with Gasteiger partial charge in [0.2, 0.25) is 5.91 Å². The lowest BCUT2D eigenvalue weighted by molar-refractivity contribution is -0.135. The second kappa shape index (κ2) is 4.34. The van der Waals surface area contributed by atoms with Crippen molar-refractivity contribution < 1.29 is 4.79 Å². The van der Waals surface area contributed by atoms with Gasteiger partial charge in [-0.1, -0.05) is 0 Å². The number of rotatable bonds is 2. The highest BCUT2D eigenvalue weighted by Gasteiger charge is 2.45. The molecule has 0 radical (unpaired) electrons. The monoisotopic (exact) mass is 225 g/mol. The van der Waals surface area contributed by atoms with Crippen molar-refractivity contribution >= 4 is 5.91 Å². The topological polar surface area (TPSA) is 49.6 Å². The van der Waals surface area contributed by atoms with Gasteiger partial charge in [-0.05, 0) is 32.1 Å². The molecule has 0 aromatic carbocycles. The molecule has 2 aliphatic rings. The Kier molecular flexibility index (Phi) is 3.22. The smallest absolute Gasteiger partial charge is 0.236 e. The Morgan fingerprint density at radius 3 is 2.31 bits per heavy atom. The van der Waals surface area contributed by atoms with Gasteiger partial charge in [-0.3, -0.25) is 9.69 Å². The van der Waals surface area contributed by atoms with E-state index in [0.717, 1.165) is 25.9 Å². The Balaban J connectivity index is 1.81. The maximum Gasteiger partial charge on any atom is 0.236 e. The van der Waals surface area contributed by atoms with Crippen LogP contribution in [0.3, 0.4) is 0 Å². The highest BCUT2D eigenvalue weighted by atomic mass is 16.2. The van der Waals surface area contributed by atoms with Crippen molar-refractivity contribution in [3.05, 3.63) is 0 Å². The predicted molar refractivity (Wildman–Crippen MR) is 64.0 cm³/mol. The second-order valence-corrected chi connectivity index (χ2v) is 5.58. The molecule has 2 heterocycles. The van der Waals surface area contributed by atoms with Crippen LogP contribution in [0.25, 0.3) is 0 Å². The minimum Gasteiger partial charge on any atom is -0.342 e. The Morgan fingerprint density at radius 2 is 1.88 bits per heavy atom. The Bertz CT molecular complexity index is 261. The van der Waals surface area contributed by atoms with Crippen molar-refractivity contribution in [1.29, 1.82) is 0 Å². The van der Waals surface area contributed by atoms with Gasteiger partial charge >= 0.3 is 0 Å². The molecule has 0 atom stereocenters. The molecule has 92 valence electrons. The first-order valence-corrected chi connectivity index (χ1v) is 6.28. The largest absolute Gasteiger partial charge is 0.342 e. The first-order chi connectivity index (χ1) is 7.56. The van der Waals surface area contributed by atoms with Crippen LogP contribution in [0.4, 0.5) is 0 Å². The number of amides is 1. The fourth-order valence-electron chi connectivity index (χ4n) is 2.86. The lowest BCUT2D eigenvalue weighted by atomic mass is 9.71. The third-order valence-corrected chi connectivity index (χ3v) is 4.16. The molecule has 2 saturated heterocycles. The Hall–Kier alpha value is -0.610. The molecule has 0 unspecified atom stereocenters. The molecule has 0 aromatic rings. The van der Waals surface area contributed by atoms with E-state index in [9.17, 15) is 4.79 Å². The van der Waals surface area contributed by atoms with Gasteiger partial charge in [-0.2, -0.15) is 0 Å². The molecule has 4 heteroatoms. The number of likely N-dealkylation sites (tertiary alicyclic amines) is 2. The van der Waals surface area contributed by atoms with Gasteiger partial charge in [0.15, 0.2) is 0 Å². The highest BCUT2D eigenvalue weighted by molar-refractivity contribution is 5.78. The van der Waals surface area contributed by atoms with Crippen LogP contribution >= 0.6 is 0 Å². The van der Waals surface area contributed by atoms with Crippen LogP contribution in [0, 0.1) is 5.41 Å². The molecule has 4 nitrogen and oxygen atoms in total. The number of hydrogen-bond acceptors (Lipinski definition) is 3. The second-order valence-electron chi connectivity index (χ2n) is 5.58. The molecular weight excluding hydrogens is 202 g/mol. The normalized spacial score (nSPS) is 24.9. The summed E-state index contributed by atoms with van der Waals surface area (Å²) in [5.41, 5.74) is 5.89. The number of carbonyl (C=O) groups excluding carboxylic acids is 1. The van der Waals surface area contributed by atoms with Crippen LogP contribution < -0.4 is 5.73 Å². The van der Waals surface area contributed by atoms with Gasteiger partial charge in [0.1, 0.15) is 0 Å². The lowest BCUT2D eigenvalue weighted by Gasteiger charge is -2.55. The van der Waals surface area contributed by atoms with Crippen molar-refractivity contribution in [2.75, 3.05) is 32.7 Å². The van der Waals surface area contributed by atoms with E-state index < -0.39 is 0 Å². The standard InChI is InChI=1S/C12H23N3O/c1-10(2)15-8-12(9-15)3-5-14(6-4-12)11(16)7-13/h10H,3-9,13H2,1-2H3. The van der Waals surface area contributed by atoms with Crippen molar-refractivity contribution in [1.82, 2.24) is 9.80 Å². The van der Waals surface area contributed by atoms with E-state index in [2.05, 4.69) is 18.7 Å². The SMILES string of the molecule is CC(C)N1CC2(CCN(C(=O)CN)CC2)C1. The van der Waals surface area contributed by atoms with Crippen LogP contribution in [0.1, 0.15) is 26.7 Å². The zero-order valence-corrected chi connectivity index (χ0v) is 10.4. The van der Waals surface area contributed by atoms with E-state index in [4.69, 9.17) is 5.73 Å². The summed E-state index contributed by atoms with van der Waals surface area (Å²) in [5.74, 6) is 0.106. The van der Waals surface area contributed by atoms with E-state index in [0.29, 0.717) is 11.5 Å². The summed E-state index contributed by atoms with van der Waals surface area (Å²) < 4.78 is 0. The molecule has 1 amide bonds. The summed E-state index contributed by atoms with van der Waals surface area (Å²) in [6.45, 7) is 8.90. The minimum absolute atomic E-state index is 0.106. The zero-order chi connectivity index (χ0) is 11.8. The summed E-state index contributed by atoms with van der Waals surface area (Å²) in [7, 11) is 0. The zero-order valence-electron chi connectivity index (χ0n) is 10.4. The van der Waals surface area contributed by atoms with E-state index in [1.54, 1.807) is 0 Å². The molecule has 2 N–H and O–H groups in total. The van der Waals surface area contributed by atoms with Gasteiger partial charge in [0.25, 0.3) is 0 Å². The first kappa shape index (κ1) is 11.9. The average Bonchev–Trinajstić information content (AvgIpc) is 2.24. The lowest BCUT2D eigenvalue weighted by Crippen LogP contribution is -2.62. The summed E-state index contributed by atoms with van der Waals surface area (Å²) in [4.78, 5) is 15.9. The molecule has 0 aromatic heterocycles. The van der Waals surface area contributed by atoms with E-state index in [-0.39, 0.29) is 12.5 Å². The molecule has 2 fully saturated rings. The number of piperidine rings is 1. The van der Waals surface area contributed by atoms with Crippen molar-refractivity contribution in [2.45, 2.75) is 32.7 Å². The van der Waals surface area contributed by atoms with Gasteiger partial charge in [-0.15, -0.1) is 0 Å². The van der Waals surface area contributed by atoms with E-state index in [1.807, 2.05) is 4.90 Å². The van der Waals surface area contributed by atoms with Crippen LogP contribution in [0.5, 0.6) is 0 Å². The average molecular weight is 225 g/mol. The Morgan fingerprint density at radius 1 is 1.31 bits per heavy atom. The van der Waals surface area contributed by atoms with Crippen LogP contribution in [-0.2, 0) is 4.79 Å². The summed E-state index contributed by atoms with van der Waals surface area (Å²) in [6, 6.07) is 0.661. The van der Waals surface area contributed by atoms with Gasteiger partial charge < -0.3 is 10.6 Å². The molecule has 1 spiro atoms. The number of hydrogen-bond donors (Lipinski definition) is 1. The molecular formula is C12H23N3O. The molecule has 0 saturated carbocycles. The molecule has 0 bridgehead atoms. The number of nitrogens with two attached hydrogens (primary N) is 1. The van der Waals surface area contributed by atoms with Crippen LogP contribution in [0.15, 0.2) is 0 Å². The van der Waals surface area contributed by atoms with Crippen molar-refractivity contribution in [2.24, 2.45) is 11.1 Å². The quantitative estimate of drug-likeness (QED) is 0.734. The highest BCUT2D eigenvalue weighted by Crippen LogP contribution is 2.41. The van der Waals surface area contributed by atoms with Crippen molar-refractivity contribution in [3.8, 4) is 0 Å². The third kappa shape index (κ3) is 2.09. The fraction of sp³-hybridized carbons (Fsp3) is 0.917. The Labute approximate surface area is 97.8 Å². The maximum atomic E-state index is 11.4. The summed E-state index contributed by atoms with van der Waals surface area (Å²) in [6.07, 6.45) is 2.31. The molecule has 2 aliphatic heterocycles. The van der Waals surface area contributed by atoms with Gasteiger partial charge in [0.05, 0.1) is 6.54 Å². The molecule has 16 heavy (non-hydrogen) atoms. The summed E-state index contributed by atoms with van der Waals surface area (Å²) >= 11 is 0. The van der Waals surface area contributed by atoms with Crippen LogP contribution in [-0.4, -0.2) is 54.5 Å². The minimum atomic E-state index is 0.106. The maximum absolute atomic E-state index is 11.4. The van der Waals surface area contributed by atoms with Gasteiger partial charge in [0, 0.05) is 32.2 Å². The third-order valence-electron chi connectivity index (χ3n) is 4.16.